The highest BCUT2D eigenvalue weighted by Crippen LogP contribution is 2.32. The maximum atomic E-state index is 12.7. The van der Waals surface area contributed by atoms with E-state index in [1.807, 2.05) is 30.3 Å². The number of hydrogen-bond acceptors (Lipinski definition) is 3. The summed E-state index contributed by atoms with van der Waals surface area (Å²) in [5.74, 6) is 0.883. The molecule has 130 valence electrons. The van der Waals surface area contributed by atoms with Crippen LogP contribution in [0, 0.1) is 11.8 Å². The van der Waals surface area contributed by atoms with Crippen molar-refractivity contribution in [2.75, 3.05) is 6.61 Å². The Balaban J connectivity index is 1.61. The molecular formula is C20H27NO3. The monoisotopic (exact) mass is 329 g/mol. The van der Waals surface area contributed by atoms with Gasteiger partial charge in [-0.05, 0) is 23.8 Å². The van der Waals surface area contributed by atoms with Gasteiger partial charge in [-0.1, -0.05) is 69.4 Å². The van der Waals surface area contributed by atoms with Crippen LogP contribution in [0.3, 0.4) is 0 Å². The summed E-state index contributed by atoms with van der Waals surface area (Å²) in [5.41, 5.74) is 1.12. The summed E-state index contributed by atoms with van der Waals surface area (Å²) in [5, 5.41) is 0. The van der Waals surface area contributed by atoms with Crippen LogP contribution in [0.15, 0.2) is 30.3 Å². The van der Waals surface area contributed by atoms with Crippen molar-refractivity contribution in [3.05, 3.63) is 35.9 Å². The number of amides is 2. The van der Waals surface area contributed by atoms with Crippen LogP contribution in [0.5, 0.6) is 0 Å². The molecule has 2 amide bonds. The fraction of sp³-hybridized carbons (Fsp3) is 0.600. The van der Waals surface area contributed by atoms with E-state index in [4.69, 9.17) is 4.74 Å². The van der Waals surface area contributed by atoms with E-state index in [2.05, 4.69) is 6.92 Å². The molecule has 0 aromatic heterocycles. The highest BCUT2D eigenvalue weighted by atomic mass is 16.6. The SMILES string of the molecule is C[C@@H](CC(=O)N1C(=O)OC[C@@H]1Cc1ccccc1)C1CCCCC1. The molecule has 4 heteroatoms. The molecule has 4 nitrogen and oxygen atoms in total. The van der Waals surface area contributed by atoms with Crippen LogP contribution >= 0.6 is 0 Å². The Morgan fingerprint density at radius 2 is 1.92 bits per heavy atom. The summed E-state index contributed by atoms with van der Waals surface area (Å²) in [7, 11) is 0. The number of carbonyl (C=O) groups is 2. The first-order chi connectivity index (χ1) is 11.6. The summed E-state index contributed by atoms with van der Waals surface area (Å²) in [6, 6.07) is 9.79. The highest BCUT2D eigenvalue weighted by molar-refractivity contribution is 5.93. The molecule has 0 unspecified atom stereocenters. The van der Waals surface area contributed by atoms with Crippen molar-refractivity contribution in [3.8, 4) is 0 Å². The van der Waals surface area contributed by atoms with Gasteiger partial charge < -0.3 is 4.74 Å². The topological polar surface area (TPSA) is 46.6 Å². The van der Waals surface area contributed by atoms with Gasteiger partial charge in [0.15, 0.2) is 0 Å². The highest BCUT2D eigenvalue weighted by Gasteiger charge is 2.38. The second kappa shape index (κ2) is 7.82. The Bertz CT molecular complexity index is 566. The van der Waals surface area contributed by atoms with Gasteiger partial charge in [-0.15, -0.1) is 0 Å². The summed E-state index contributed by atoms with van der Waals surface area (Å²) in [6.07, 6.45) is 6.92. The molecule has 0 N–H and O–H groups in total. The second-order valence-corrected chi connectivity index (χ2v) is 7.26. The van der Waals surface area contributed by atoms with E-state index < -0.39 is 6.09 Å². The fourth-order valence-corrected chi connectivity index (χ4v) is 4.05. The van der Waals surface area contributed by atoms with Crippen molar-refractivity contribution >= 4 is 12.0 Å². The Labute approximate surface area is 144 Å². The van der Waals surface area contributed by atoms with Crippen molar-refractivity contribution in [3.63, 3.8) is 0 Å². The Morgan fingerprint density at radius 1 is 1.21 bits per heavy atom. The Kier molecular flexibility index (Phi) is 5.54. The van der Waals surface area contributed by atoms with Crippen molar-refractivity contribution in [1.82, 2.24) is 4.90 Å². The predicted molar refractivity (Wildman–Crippen MR) is 92.5 cm³/mol. The third-order valence-electron chi connectivity index (χ3n) is 5.50. The van der Waals surface area contributed by atoms with E-state index in [0.29, 0.717) is 31.3 Å². The maximum Gasteiger partial charge on any atom is 0.416 e. The van der Waals surface area contributed by atoms with E-state index in [1.165, 1.54) is 37.0 Å². The Hall–Kier alpha value is -1.84. The molecule has 24 heavy (non-hydrogen) atoms. The molecule has 1 aromatic rings. The predicted octanol–water partition coefficient (Wildman–Crippen LogP) is 4.18. The van der Waals surface area contributed by atoms with E-state index in [9.17, 15) is 9.59 Å². The zero-order valence-electron chi connectivity index (χ0n) is 14.4. The number of imide groups is 1. The van der Waals surface area contributed by atoms with Crippen LogP contribution in [0.2, 0.25) is 0 Å². The lowest BCUT2D eigenvalue weighted by molar-refractivity contribution is -0.130. The zero-order chi connectivity index (χ0) is 16.9. The van der Waals surface area contributed by atoms with Gasteiger partial charge in [0.2, 0.25) is 5.91 Å². The van der Waals surface area contributed by atoms with Crippen LogP contribution in [0.1, 0.15) is 51.0 Å². The summed E-state index contributed by atoms with van der Waals surface area (Å²) in [6.45, 7) is 2.46. The average Bonchev–Trinajstić information content (AvgIpc) is 2.97. The van der Waals surface area contributed by atoms with E-state index in [0.717, 1.165) is 5.56 Å². The van der Waals surface area contributed by atoms with Crippen LogP contribution in [0.4, 0.5) is 4.79 Å². The smallest absolute Gasteiger partial charge is 0.416 e. The van der Waals surface area contributed by atoms with Gasteiger partial charge in [-0.25, -0.2) is 9.69 Å². The number of nitrogens with zero attached hydrogens (tertiary/aromatic N) is 1. The standard InChI is InChI=1S/C20H27NO3/c1-15(17-10-6-3-7-11-17)12-19(22)21-18(14-24-20(21)23)13-16-8-4-2-5-9-16/h2,4-5,8-9,15,17-18H,3,6-7,10-14H2,1H3/t15-,18-/m0/s1. The largest absolute Gasteiger partial charge is 0.447 e. The molecule has 2 atom stereocenters. The van der Waals surface area contributed by atoms with E-state index in [-0.39, 0.29) is 11.9 Å². The molecule has 1 aliphatic carbocycles. The van der Waals surface area contributed by atoms with Crippen LogP contribution < -0.4 is 0 Å². The molecule has 2 fully saturated rings. The lowest BCUT2D eigenvalue weighted by atomic mass is 9.79. The van der Waals surface area contributed by atoms with Gasteiger partial charge >= 0.3 is 6.09 Å². The third kappa shape index (κ3) is 3.97. The van der Waals surface area contributed by atoms with Crippen molar-refractivity contribution in [1.29, 1.82) is 0 Å². The van der Waals surface area contributed by atoms with Gasteiger partial charge in [0.05, 0.1) is 6.04 Å². The molecule has 1 aromatic carbocycles. The fourth-order valence-electron chi connectivity index (χ4n) is 4.05. The number of carbonyl (C=O) groups excluding carboxylic acids is 2. The van der Waals surface area contributed by atoms with Gasteiger partial charge in [0, 0.05) is 6.42 Å². The van der Waals surface area contributed by atoms with Crippen LogP contribution in [0.25, 0.3) is 0 Å². The van der Waals surface area contributed by atoms with Crippen LogP contribution in [-0.2, 0) is 16.0 Å². The number of ether oxygens (including phenoxy) is 1. The van der Waals surface area contributed by atoms with Gasteiger partial charge in [-0.3, -0.25) is 4.79 Å². The molecule has 1 aliphatic heterocycles. The number of rotatable bonds is 5. The zero-order valence-corrected chi connectivity index (χ0v) is 14.4. The molecule has 0 radical (unpaired) electrons. The molecule has 0 spiro atoms. The van der Waals surface area contributed by atoms with E-state index in [1.54, 1.807) is 0 Å². The average molecular weight is 329 g/mol. The quantitative estimate of drug-likeness (QED) is 0.814. The first-order valence-electron chi connectivity index (χ1n) is 9.18. The van der Waals surface area contributed by atoms with Gasteiger partial charge in [0.1, 0.15) is 6.61 Å². The minimum atomic E-state index is -0.475. The maximum absolute atomic E-state index is 12.7. The lowest BCUT2D eigenvalue weighted by Crippen LogP contribution is -2.41. The molecule has 1 saturated carbocycles. The molecule has 2 aliphatic rings. The first kappa shape index (κ1) is 17.0. The molecule has 3 rings (SSSR count). The van der Waals surface area contributed by atoms with Gasteiger partial charge in [0.25, 0.3) is 0 Å². The van der Waals surface area contributed by atoms with Crippen LogP contribution in [-0.4, -0.2) is 29.5 Å². The van der Waals surface area contributed by atoms with Crippen molar-refractivity contribution in [2.45, 2.75) is 57.9 Å². The molecular weight excluding hydrogens is 302 g/mol. The molecule has 1 saturated heterocycles. The molecule has 0 bridgehead atoms. The number of cyclic esters (lactones) is 1. The first-order valence-corrected chi connectivity index (χ1v) is 9.18. The number of benzene rings is 1. The normalized spacial score (nSPS) is 23.1. The summed E-state index contributed by atoms with van der Waals surface area (Å²) >= 11 is 0. The van der Waals surface area contributed by atoms with E-state index >= 15 is 0 Å². The molecule has 1 heterocycles. The number of hydrogen-bond donors (Lipinski definition) is 0. The van der Waals surface area contributed by atoms with Crippen molar-refractivity contribution < 1.29 is 14.3 Å². The van der Waals surface area contributed by atoms with Gasteiger partial charge in [-0.2, -0.15) is 0 Å². The second-order valence-electron chi connectivity index (χ2n) is 7.26. The minimum Gasteiger partial charge on any atom is -0.447 e. The Morgan fingerprint density at radius 3 is 2.62 bits per heavy atom. The third-order valence-corrected chi connectivity index (χ3v) is 5.50. The minimum absolute atomic E-state index is 0.0727. The summed E-state index contributed by atoms with van der Waals surface area (Å²) < 4.78 is 5.16. The van der Waals surface area contributed by atoms with Crippen molar-refractivity contribution in [2.24, 2.45) is 11.8 Å². The summed E-state index contributed by atoms with van der Waals surface area (Å²) in [4.78, 5) is 26.2. The lowest BCUT2D eigenvalue weighted by Gasteiger charge is -2.28.